The largest absolute Gasteiger partial charge is 0.468 e. The Bertz CT molecular complexity index is 300. The quantitative estimate of drug-likeness (QED) is 0.793. The van der Waals surface area contributed by atoms with Crippen molar-refractivity contribution in [2.75, 3.05) is 26.2 Å². The van der Waals surface area contributed by atoms with E-state index in [1.165, 1.54) is 0 Å². The minimum Gasteiger partial charge on any atom is -0.468 e. The van der Waals surface area contributed by atoms with Crippen LogP contribution < -0.4 is 5.32 Å². The van der Waals surface area contributed by atoms with Gasteiger partial charge in [0.15, 0.2) is 0 Å². The Kier molecular flexibility index (Phi) is 3.98. The SMILES string of the molecule is CC1CNCC(CO)N(Cc2ccco2)C1. The van der Waals surface area contributed by atoms with E-state index >= 15 is 0 Å². The minimum absolute atomic E-state index is 0.190. The molecule has 4 heteroatoms. The van der Waals surface area contributed by atoms with E-state index in [1.807, 2.05) is 12.1 Å². The normalized spacial score (nSPS) is 27.9. The summed E-state index contributed by atoms with van der Waals surface area (Å²) in [6.07, 6.45) is 1.70. The van der Waals surface area contributed by atoms with Crippen molar-refractivity contribution in [3.8, 4) is 0 Å². The van der Waals surface area contributed by atoms with Gasteiger partial charge in [-0.15, -0.1) is 0 Å². The predicted octanol–water partition coefficient (Wildman–Crippen LogP) is 0.682. The van der Waals surface area contributed by atoms with Crippen LogP contribution in [0.15, 0.2) is 22.8 Å². The molecular weight excluding hydrogens is 204 g/mol. The Labute approximate surface area is 96.2 Å². The van der Waals surface area contributed by atoms with Crippen LogP contribution in [0.25, 0.3) is 0 Å². The average molecular weight is 224 g/mol. The van der Waals surface area contributed by atoms with Crippen molar-refractivity contribution in [3.63, 3.8) is 0 Å². The standard InChI is InChI=1S/C12H20N2O2/c1-10-5-13-6-11(9-15)14(7-10)8-12-3-2-4-16-12/h2-4,10-11,13,15H,5-9H2,1H3. The molecule has 1 aromatic heterocycles. The van der Waals surface area contributed by atoms with Crippen molar-refractivity contribution in [3.05, 3.63) is 24.2 Å². The first kappa shape index (κ1) is 11.6. The maximum atomic E-state index is 9.39. The molecule has 0 radical (unpaired) electrons. The highest BCUT2D eigenvalue weighted by molar-refractivity contribution is 4.99. The van der Waals surface area contributed by atoms with Crippen LogP contribution in [0.4, 0.5) is 0 Å². The van der Waals surface area contributed by atoms with E-state index < -0.39 is 0 Å². The molecule has 16 heavy (non-hydrogen) atoms. The lowest BCUT2D eigenvalue weighted by molar-refractivity contribution is 0.111. The molecule has 1 aliphatic rings. The van der Waals surface area contributed by atoms with Gasteiger partial charge in [0.2, 0.25) is 0 Å². The smallest absolute Gasteiger partial charge is 0.117 e. The van der Waals surface area contributed by atoms with Gasteiger partial charge in [-0.2, -0.15) is 0 Å². The highest BCUT2D eigenvalue weighted by Crippen LogP contribution is 2.13. The Morgan fingerprint density at radius 1 is 1.56 bits per heavy atom. The van der Waals surface area contributed by atoms with E-state index in [0.29, 0.717) is 5.92 Å². The first-order valence-corrected chi connectivity index (χ1v) is 5.87. The Balaban J connectivity index is 2.02. The Morgan fingerprint density at radius 3 is 3.12 bits per heavy atom. The lowest BCUT2D eigenvalue weighted by Gasteiger charge is -2.28. The van der Waals surface area contributed by atoms with Crippen LogP contribution in [0.2, 0.25) is 0 Å². The highest BCUT2D eigenvalue weighted by atomic mass is 16.3. The second kappa shape index (κ2) is 5.48. The van der Waals surface area contributed by atoms with Crippen LogP contribution in [0, 0.1) is 5.92 Å². The molecule has 2 atom stereocenters. The molecule has 2 N–H and O–H groups in total. The summed E-state index contributed by atoms with van der Waals surface area (Å²) in [4.78, 5) is 2.30. The van der Waals surface area contributed by atoms with Crippen molar-refractivity contribution in [1.82, 2.24) is 10.2 Å². The topological polar surface area (TPSA) is 48.6 Å². The predicted molar refractivity (Wildman–Crippen MR) is 62.0 cm³/mol. The van der Waals surface area contributed by atoms with Crippen LogP contribution in [-0.2, 0) is 6.54 Å². The van der Waals surface area contributed by atoms with Crippen LogP contribution >= 0.6 is 0 Å². The molecule has 1 aliphatic heterocycles. The fourth-order valence-electron chi connectivity index (χ4n) is 2.22. The van der Waals surface area contributed by atoms with E-state index in [2.05, 4.69) is 17.1 Å². The average Bonchev–Trinajstić information content (AvgIpc) is 2.69. The molecule has 0 aromatic carbocycles. The number of nitrogens with one attached hydrogen (secondary N) is 1. The maximum Gasteiger partial charge on any atom is 0.117 e. The first-order chi connectivity index (χ1) is 7.79. The number of rotatable bonds is 3. The lowest BCUT2D eigenvalue weighted by atomic mass is 10.1. The van der Waals surface area contributed by atoms with Gasteiger partial charge >= 0.3 is 0 Å². The molecular formula is C12H20N2O2. The van der Waals surface area contributed by atoms with Gasteiger partial charge < -0.3 is 14.8 Å². The molecule has 2 rings (SSSR count). The molecule has 1 saturated heterocycles. The fourth-order valence-corrected chi connectivity index (χ4v) is 2.22. The van der Waals surface area contributed by atoms with Gasteiger partial charge in [0, 0.05) is 19.1 Å². The summed E-state index contributed by atoms with van der Waals surface area (Å²) in [5.41, 5.74) is 0. The molecule has 2 unspecified atom stereocenters. The van der Waals surface area contributed by atoms with Crippen LogP contribution in [-0.4, -0.2) is 42.3 Å². The highest BCUT2D eigenvalue weighted by Gasteiger charge is 2.23. The van der Waals surface area contributed by atoms with Crippen molar-refractivity contribution in [1.29, 1.82) is 0 Å². The zero-order valence-electron chi connectivity index (χ0n) is 9.72. The van der Waals surface area contributed by atoms with Gasteiger partial charge in [0.1, 0.15) is 5.76 Å². The number of furan rings is 1. The fraction of sp³-hybridized carbons (Fsp3) is 0.667. The molecule has 90 valence electrons. The summed E-state index contributed by atoms with van der Waals surface area (Å²) < 4.78 is 5.36. The van der Waals surface area contributed by atoms with Crippen LogP contribution in [0.5, 0.6) is 0 Å². The molecule has 4 nitrogen and oxygen atoms in total. The van der Waals surface area contributed by atoms with E-state index in [9.17, 15) is 5.11 Å². The molecule has 1 aromatic rings. The molecule has 0 bridgehead atoms. The van der Waals surface area contributed by atoms with Gasteiger partial charge in [-0.1, -0.05) is 6.92 Å². The molecule has 1 fully saturated rings. The minimum atomic E-state index is 0.190. The molecule has 0 spiro atoms. The summed E-state index contributed by atoms with van der Waals surface area (Å²) in [7, 11) is 0. The second-order valence-corrected chi connectivity index (χ2v) is 4.61. The molecule has 0 aliphatic carbocycles. The second-order valence-electron chi connectivity index (χ2n) is 4.61. The van der Waals surface area contributed by atoms with Gasteiger partial charge in [-0.3, -0.25) is 4.90 Å². The van der Waals surface area contributed by atoms with Crippen LogP contribution in [0.3, 0.4) is 0 Å². The number of nitrogens with zero attached hydrogens (tertiary/aromatic N) is 1. The number of aliphatic hydroxyl groups excluding tert-OH is 1. The van der Waals surface area contributed by atoms with Gasteiger partial charge in [0.25, 0.3) is 0 Å². The van der Waals surface area contributed by atoms with E-state index in [0.717, 1.165) is 31.9 Å². The number of aliphatic hydroxyl groups is 1. The van der Waals surface area contributed by atoms with Crippen molar-refractivity contribution in [2.24, 2.45) is 5.92 Å². The summed E-state index contributed by atoms with van der Waals surface area (Å²) in [5, 5.41) is 12.8. The lowest BCUT2D eigenvalue weighted by Crippen LogP contribution is -2.42. The summed E-state index contributed by atoms with van der Waals surface area (Å²) in [6, 6.07) is 4.08. The summed E-state index contributed by atoms with van der Waals surface area (Å²) in [6.45, 7) is 6.07. The van der Waals surface area contributed by atoms with E-state index in [1.54, 1.807) is 6.26 Å². The molecule has 0 amide bonds. The van der Waals surface area contributed by atoms with E-state index in [-0.39, 0.29) is 12.6 Å². The van der Waals surface area contributed by atoms with Gasteiger partial charge in [-0.25, -0.2) is 0 Å². The zero-order valence-corrected chi connectivity index (χ0v) is 9.72. The third-order valence-electron chi connectivity index (χ3n) is 3.09. The number of hydrogen-bond acceptors (Lipinski definition) is 4. The van der Waals surface area contributed by atoms with Crippen LogP contribution in [0.1, 0.15) is 12.7 Å². The zero-order chi connectivity index (χ0) is 11.4. The summed E-state index contributed by atoms with van der Waals surface area (Å²) >= 11 is 0. The molecule has 0 saturated carbocycles. The van der Waals surface area contributed by atoms with Crippen molar-refractivity contribution >= 4 is 0 Å². The van der Waals surface area contributed by atoms with Gasteiger partial charge in [0.05, 0.1) is 19.4 Å². The van der Waals surface area contributed by atoms with Gasteiger partial charge in [-0.05, 0) is 24.6 Å². The van der Waals surface area contributed by atoms with Crippen molar-refractivity contribution < 1.29 is 9.52 Å². The third-order valence-corrected chi connectivity index (χ3v) is 3.09. The Hall–Kier alpha value is -0.840. The Morgan fingerprint density at radius 2 is 2.44 bits per heavy atom. The monoisotopic (exact) mass is 224 g/mol. The summed E-state index contributed by atoms with van der Waals surface area (Å²) in [5.74, 6) is 1.57. The van der Waals surface area contributed by atoms with Crippen molar-refractivity contribution in [2.45, 2.75) is 19.5 Å². The number of hydrogen-bond donors (Lipinski definition) is 2. The first-order valence-electron chi connectivity index (χ1n) is 5.87. The van der Waals surface area contributed by atoms with E-state index in [4.69, 9.17) is 4.42 Å². The third kappa shape index (κ3) is 2.84. The molecule has 2 heterocycles. The maximum absolute atomic E-state index is 9.39.